The van der Waals surface area contributed by atoms with E-state index in [1.165, 1.54) is 31.2 Å². The molecule has 0 aliphatic heterocycles. The summed E-state index contributed by atoms with van der Waals surface area (Å²) in [5.74, 6) is -0.0189. The summed E-state index contributed by atoms with van der Waals surface area (Å²) in [6.07, 6.45) is 2.90. The Morgan fingerprint density at radius 2 is 1.93 bits per heavy atom. The zero-order chi connectivity index (χ0) is 21.2. The van der Waals surface area contributed by atoms with E-state index >= 15 is 0 Å². The maximum atomic E-state index is 12.8. The molecule has 0 radical (unpaired) electrons. The molecule has 0 aliphatic carbocycles. The summed E-state index contributed by atoms with van der Waals surface area (Å²) in [5.41, 5.74) is 1.32. The molecule has 0 atom stereocenters. The molecule has 150 valence electrons. The smallest absolute Gasteiger partial charge is 0.338 e. The summed E-state index contributed by atoms with van der Waals surface area (Å²) in [7, 11) is -3.87. The van der Waals surface area contributed by atoms with Crippen molar-refractivity contribution in [2.24, 2.45) is 0 Å². The third-order valence-electron chi connectivity index (χ3n) is 4.05. The lowest BCUT2D eigenvalue weighted by atomic mass is 10.1. The fourth-order valence-electron chi connectivity index (χ4n) is 2.66. The molecule has 1 aromatic heterocycles. The van der Waals surface area contributed by atoms with Crippen molar-refractivity contribution in [1.29, 1.82) is 0 Å². The summed E-state index contributed by atoms with van der Waals surface area (Å²) in [5, 5.41) is 15.1. The highest BCUT2D eigenvalue weighted by molar-refractivity contribution is 7.92. The number of anilines is 1. The average Bonchev–Trinajstić information content (AvgIpc) is 3.01. The third kappa shape index (κ3) is 4.64. The predicted octanol–water partition coefficient (Wildman–Crippen LogP) is 4.82. The minimum Gasteiger partial charge on any atom is -0.349 e. The molecule has 0 unspecified atom stereocenters. The van der Waals surface area contributed by atoms with Gasteiger partial charge in [0.05, 0.1) is 15.5 Å². The van der Waals surface area contributed by atoms with Gasteiger partial charge in [0.25, 0.3) is 10.0 Å². The van der Waals surface area contributed by atoms with E-state index in [1.54, 1.807) is 37.3 Å². The van der Waals surface area contributed by atoms with Crippen LogP contribution in [0.1, 0.15) is 22.6 Å². The molecule has 3 rings (SSSR count). The molecule has 0 amide bonds. The molecule has 10 heteroatoms. The Morgan fingerprint density at radius 1 is 1.17 bits per heavy atom. The van der Waals surface area contributed by atoms with Gasteiger partial charge in [-0.15, -0.1) is 0 Å². The topological polar surface area (TPSA) is 115 Å². The summed E-state index contributed by atoms with van der Waals surface area (Å²) in [4.78, 5) is 10.6. The van der Waals surface area contributed by atoms with E-state index in [1.807, 2.05) is 0 Å². The standard InChI is InChI=1S/C19H16ClN3O5S/c1-12-6-7-14(8-9-17-19(23(24)25)13(2)21-28-17)10-18(12)29(26,27)22-16-5-3-4-15(20)11-16/h3-11,22H,1-2H3/b9-8+. The number of nitro groups is 1. The SMILES string of the molecule is Cc1ccc(/C=C/c2onc(C)c2[N+](=O)[O-])cc1S(=O)(=O)Nc1cccc(Cl)c1. The van der Waals surface area contributed by atoms with Crippen molar-refractivity contribution >= 4 is 45.2 Å². The number of aromatic nitrogens is 1. The lowest BCUT2D eigenvalue weighted by Gasteiger charge is -2.11. The van der Waals surface area contributed by atoms with Gasteiger partial charge < -0.3 is 4.52 Å². The summed E-state index contributed by atoms with van der Waals surface area (Å²) in [6, 6.07) is 11.2. The first-order valence-corrected chi connectivity index (χ1v) is 10.2. The number of hydrogen-bond acceptors (Lipinski definition) is 6. The first-order chi connectivity index (χ1) is 13.7. The van der Waals surface area contributed by atoms with Crippen molar-refractivity contribution in [3.8, 4) is 0 Å². The van der Waals surface area contributed by atoms with Crippen LogP contribution >= 0.6 is 11.6 Å². The van der Waals surface area contributed by atoms with Gasteiger partial charge in [0, 0.05) is 5.02 Å². The van der Waals surface area contributed by atoms with Crippen molar-refractivity contribution < 1.29 is 17.9 Å². The lowest BCUT2D eigenvalue weighted by molar-refractivity contribution is -0.386. The van der Waals surface area contributed by atoms with Crippen LogP contribution in [0.15, 0.2) is 51.9 Å². The van der Waals surface area contributed by atoms with E-state index < -0.39 is 14.9 Å². The van der Waals surface area contributed by atoms with Crippen LogP contribution in [0.2, 0.25) is 5.02 Å². The maximum Gasteiger partial charge on any atom is 0.338 e. The van der Waals surface area contributed by atoms with Crippen molar-refractivity contribution in [3.63, 3.8) is 0 Å². The van der Waals surface area contributed by atoms with Crippen molar-refractivity contribution in [1.82, 2.24) is 5.16 Å². The van der Waals surface area contributed by atoms with Gasteiger partial charge in [-0.05, 0) is 55.3 Å². The second-order valence-electron chi connectivity index (χ2n) is 6.21. The van der Waals surface area contributed by atoms with Crippen LogP contribution in [-0.4, -0.2) is 18.5 Å². The van der Waals surface area contributed by atoms with E-state index in [2.05, 4.69) is 9.88 Å². The van der Waals surface area contributed by atoms with E-state index in [9.17, 15) is 18.5 Å². The minimum atomic E-state index is -3.87. The molecule has 0 saturated carbocycles. The third-order valence-corrected chi connectivity index (χ3v) is 5.80. The van der Waals surface area contributed by atoms with Gasteiger partial charge in [0.2, 0.25) is 5.76 Å². The molecule has 8 nitrogen and oxygen atoms in total. The monoisotopic (exact) mass is 433 g/mol. The first kappa shape index (κ1) is 20.6. The minimum absolute atomic E-state index is 0.0189. The zero-order valence-electron chi connectivity index (χ0n) is 15.4. The second-order valence-corrected chi connectivity index (χ2v) is 8.30. The van der Waals surface area contributed by atoms with E-state index in [0.29, 0.717) is 21.8 Å². The maximum absolute atomic E-state index is 12.8. The van der Waals surface area contributed by atoms with Crippen LogP contribution in [0.5, 0.6) is 0 Å². The zero-order valence-corrected chi connectivity index (χ0v) is 17.0. The number of aryl methyl sites for hydroxylation is 2. The number of hydrogen-bond donors (Lipinski definition) is 1. The van der Waals surface area contributed by atoms with Gasteiger partial charge in [-0.1, -0.05) is 41.0 Å². The average molecular weight is 434 g/mol. The molecule has 0 aliphatic rings. The van der Waals surface area contributed by atoms with Gasteiger partial charge in [-0.25, -0.2) is 8.42 Å². The fourth-order valence-corrected chi connectivity index (χ4v) is 4.18. The van der Waals surface area contributed by atoms with E-state index in [-0.39, 0.29) is 22.0 Å². The van der Waals surface area contributed by atoms with Crippen molar-refractivity contribution in [2.75, 3.05) is 4.72 Å². The second kappa shape index (κ2) is 8.06. The quantitative estimate of drug-likeness (QED) is 0.440. The fraction of sp³-hybridized carbons (Fsp3) is 0.105. The van der Waals surface area contributed by atoms with E-state index in [4.69, 9.17) is 16.1 Å². The molecule has 29 heavy (non-hydrogen) atoms. The van der Waals surface area contributed by atoms with Crippen LogP contribution in [0, 0.1) is 24.0 Å². The highest BCUT2D eigenvalue weighted by Gasteiger charge is 2.22. The van der Waals surface area contributed by atoms with Crippen LogP contribution < -0.4 is 4.72 Å². The Kier molecular flexibility index (Phi) is 5.71. The Labute approximate surface area is 172 Å². The van der Waals surface area contributed by atoms with Gasteiger partial charge in [-0.2, -0.15) is 0 Å². The van der Waals surface area contributed by atoms with Gasteiger partial charge in [-0.3, -0.25) is 14.8 Å². The molecule has 0 bridgehead atoms. The molecular formula is C19H16ClN3O5S. The van der Waals surface area contributed by atoms with E-state index in [0.717, 1.165) is 0 Å². The summed E-state index contributed by atoms with van der Waals surface area (Å²) in [6.45, 7) is 3.14. The molecule has 1 heterocycles. The Morgan fingerprint density at radius 3 is 2.62 bits per heavy atom. The van der Waals surface area contributed by atoms with Crippen LogP contribution in [0.25, 0.3) is 12.2 Å². The van der Waals surface area contributed by atoms with Crippen LogP contribution in [-0.2, 0) is 10.0 Å². The van der Waals surface area contributed by atoms with Gasteiger partial charge in [0.15, 0.2) is 5.69 Å². The molecule has 3 aromatic rings. The molecule has 0 fully saturated rings. The first-order valence-electron chi connectivity index (χ1n) is 8.35. The van der Waals surface area contributed by atoms with Crippen LogP contribution in [0.4, 0.5) is 11.4 Å². The van der Waals surface area contributed by atoms with Crippen LogP contribution in [0.3, 0.4) is 0 Å². The number of nitrogens with one attached hydrogen (secondary N) is 1. The Bertz CT molecular complexity index is 1220. The lowest BCUT2D eigenvalue weighted by Crippen LogP contribution is -2.14. The number of sulfonamides is 1. The summed E-state index contributed by atoms with van der Waals surface area (Å²) < 4.78 is 33.1. The molecular weight excluding hydrogens is 418 g/mol. The number of benzene rings is 2. The Hall–Kier alpha value is -3.17. The molecule has 0 saturated heterocycles. The number of halogens is 1. The number of rotatable bonds is 6. The predicted molar refractivity (Wildman–Crippen MR) is 110 cm³/mol. The normalized spacial score (nSPS) is 11.7. The van der Waals surface area contributed by atoms with Crippen molar-refractivity contribution in [3.05, 3.63) is 80.2 Å². The van der Waals surface area contributed by atoms with Gasteiger partial charge >= 0.3 is 5.69 Å². The largest absolute Gasteiger partial charge is 0.349 e. The Balaban J connectivity index is 1.93. The molecule has 1 N–H and O–H groups in total. The summed E-state index contributed by atoms with van der Waals surface area (Å²) >= 11 is 5.91. The van der Waals surface area contributed by atoms with Crippen molar-refractivity contribution in [2.45, 2.75) is 18.7 Å². The molecule has 2 aromatic carbocycles. The highest BCUT2D eigenvalue weighted by atomic mass is 35.5. The number of nitrogens with zero attached hydrogens (tertiary/aromatic N) is 2. The molecule has 0 spiro atoms. The van der Waals surface area contributed by atoms with Gasteiger partial charge in [0.1, 0.15) is 0 Å². The highest BCUT2D eigenvalue weighted by Crippen LogP contribution is 2.26.